The van der Waals surface area contributed by atoms with Gasteiger partial charge in [-0.2, -0.15) is 0 Å². The van der Waals surface area contributed by atoms with Gasteiger partial charge >= 0.3 is 12.1 Å². The van der Waals surface area contributed by atoms with Crippen LogP contribution in [-0.4, -0.2) is 142 Å². The number of barbiturate groups is 2. The van der Waals surface area contributed by atoms with Gasteiger partial charge in [0.2, 0.25) is 23.6 Å². The number of hydrogen-bond acceptors (Lipinski definition) is 10. The summed E-state index contributed by atoms with van der Waals surface area (Å²) in [7, 11) is 5.57. The first-order valence-corrected chi connectivity index (χ1v) is 20.7. The number of fused-ring (bicyclic) bond motifs is 8. The maximum atomic E-state index is 14.3. The maximum Gasteiger partial charge on any atom is 0.332 e. The summed E-state index contributed by atoms with van der Waals surface area (Å²) in [5, 5.41) is 0. The van der Waals surface area contributed by atoms with Gasteiger partial charge in [-0.1, -0.05) is 36.4 Å². The normalized spacial score (nSPS) is 26.4. The first-order valence-electron chi connectivity index (χ1n) is 20.7. The summed E-state index contributed by atoms with van der Waals surface area (Å²) in [6, 6.07) is 16.4. The number of hydrogen-bond donors (Lipinski definition) is 0. The van der Waals surface area contributed by atoms with Crippen molar-refractivity contribution in [1.82, 2.24) is 38.5 Å². The van der Waals surface area contributed by atoms with E-state index in [0.717, 1.165) is 43.8 Å². The molecule has 9 rings (SSSR count). The predicted octanol–water partition coefficient (Wildman–Crippen LogP) is 1.41. The lowest BCUT2D eigenvalue weighted by molar-refractivity contribution is -0.160. The van der Waals surface area contributed by atoms with E-state index in [1.54, 1.807) is 48.5 Å². The van der Waals surface area contributed by atoms with Crippen LogP contribution in [0.5, 0.6) is 0 Å². The molecule has 3 aromatic rings. The van der Waals surface area contributed by atoms with Gasteiger partial charge in [-0.05, 0) is 60.8 Å². The Balaban J connectivity index is 1.00. The smallest absolute Gasteiger partial charge is 0.312 e. The largest absolute Gasteiger partial charge is 0.332 e. The van der Waals surface area contributed by atoms with E-state index < -0.39 is 46.5 Å². The summed E-state index contributed by atoms with van der Waals surface area (Å²) in [6.45, 7) is 3.51. The number of nitrogens with zero attached hydrogens (tertiary/aromatic N) is 8. The van der Waals surface area contributed by atoms with Crippen LogP contribution in [0.1, 0.15) is 47.2 Å². The topological polar surface area (TPSA) is 166 Å². The van der Waals surface area contributed by atoms with Crippen LogP contribution in [0.4, 0.5) is 9.59 Å². The number of benzene rings is 1. The molecule has 16 heteroatoms. The third kappa shape index (κ3) is 6.25. The van der Waals surface area contributed by atoms with Gasteiger partial charge in [0, 0.05) is 116 Å². The number of amides is 8. The van der Waals surface area contributed by atoms with Crippen molar-refractivity contribution in [2.75, 3.05) is 67.5 Å². The van der Waals surface area contributed by atoms with Crippen molar-refractivity contribution >= 4 is 35.7 Å². The van der Waals surface area contributed by atoms with E-state index >= 15 is 0 Å². The molecule has 16 nitrogen and oxygen atoms in total. The van der Waals surface area contributed by atoms with Crippen molar-refractivity contribution in [1.29, 1.82) is 0 Å². The van der Waals surface area contributed by atoms with Gasteiger partial charge in [0.05, 0.1) is 0 Å². The lowest BCUT2D eigenvalue weighted by Crippen LogP contribution is -2.67. The molecule has 4 saturated heterocycles. The lowest BCUT2D eigenvalue weighted by atomic mass is 9.74. The fraction of sp³-hybridized carbons (Fsp3) is 0.500. The second kappa shape index (κ2) is 14.5. The van der Waals surface area contributed by atoms with Crippen molar-refractivity contribution in [2.45, 2.75) is 50.6 Å². The Morgan fingerprint density at radius 2 is 0.817 bits per heavy atom. The highest BCUT2D eigenvalue weighted by Gasteiger charge is 2.58. The summed E-state index contributed by atoms with van der Waals surface area (Å²) in [5.41, 5.74) is -0.128. The third-order valence-electron chi connectivity index (χ3n) is 14.1. The van der Waals surface area contributed by atoms with E-state index in [9.17, 15) is 38.4 Å². The predicted molar refractivity (Wildman–Crippen MR) is 217 cm³/mol. The summed E-state index contributed by atoms with van der Waals surface area (Å²) >= 11 is 0. The fourth-order valence-electron chi connectivity index (χ4n) is 11.4. The summed E-state index contributed by atoms with van der Waals surface area (Å²) in [5.74, 6) is -1.95. The minimum atomic E-state index is -1.63. The Morgan fingerprint density at radius 1 is 0.467 bits per heavy atom. The number of carbonyl (C=O) groups excluding carboxylic acids is 6. The Morgan fingerprint density at radius 3 is 1.17 bits per heavy atom. The van der Waals surface area contributed by atoms with Crippen LogP contribution in [-0.2, 0) is 45.1 Å². The van der Waals surface area contributed by atoms with Crippen LogP contribution in [0.2, 0.25) is 0 Å². The number of aromatic nitrogens is 2. The van der Waals surface area contributed by atoms with Gasteiger partial charge in [0.1, 0.15) is 10.8 Å². The Hall–Kier alpha value is -5.74. The van der Waals surface area contributed by atoms with Crippen molar-refractivity contribution < 1.29 is 28.8 Å². The second-order valence-corrected chi connectivity index (χ2v) is 18.1. The Labute approximate surface area is 346 Å². The van der Waals surface area contributed by atoms with Crippen LogP contribution < -0.4 is 11.1 Å². The number of carbonyl (C=O) groups is 6. The molecule has 0 spiro atoms. The molecule has 314 valence electrons. The van der Waals surface area contributed by atoms with E-state index in [0.29, 0.717) is 50.4 Å². The van der Waals surface area contributed by atoms with Crippen molar-refractivity contribution in [3.05, 3.63) is 104 Å². The van der Waals surface area contributed by atoms with E-state index in [1.807, 2.05) is 21.3 Å². The molecule has 60 heavy (non-hydrogen) atoms. The van der Waals surface area contributed by atoms with Gasteiger partial charge < -0.3 is 18.9 Å². The molecule has 6 aliphatic heterocycles. The molecular weight excluding hydrogens is 769 g/mol. The van der Waals surface area contributed by atoms with Gasteiger partial charge in [0.15, 0.2) is 0 Å². The van der Waals surface area contributed by atoms with E-state index in [-0.39, 0.29) is 60.7 Å². The SMILES string of the molecule is CN1C(=O)N(C)C(=O)C(Cc2ccc(CC3(CN4C[C@H]5C[C@@H](C4)c4cccc(=O)n4C5)C(=O)N(C)C(=O)N(C)C3=O)cc2)(CN2C[C@H]3C[C@@H](C2)c2cccc(=O)n2C3)C1=O. The zero-order chi connectivity index (χ0) is 42.4. The number of likely N-dealkylation sites (tertiary alicyclic amines) is 2. The summed E-state index contributed by atoms with van der Waals surface area (Å²) < 4.78 is 3.66. The summed E-state index contributed by atoms with van der Waals surface area (Å²) in [6.07, 6.45) is 1.79. The first-order chi connectivity index (χ1) is 28.6. The number of rotatable bonds is 8. The standard InChI is InChI=1S/C44H50N8O8/c1-45-37(55)43(38(56)46(2)41(45)59,25-49-19-29-15-31(23-49)33-7-5-9-35(53)51(33)21-29)17-27-11-13-28(14-12-27)18-44(39(57)47(3)42(60)48(4)40(44)58)26-50-20-30-16-32(24-50)34-8-6-10-36(54)52(34)22-30/h5-14,29-32H,15-26H2,1-4H3/t29-,30-,31+,32+/m1/s1. The Bertz CT molecular complexity index is 2240. The maximum absolute atomic E-state index is 14.3. The molecule has 0 unspecified atom stereocenters. The Kier molecular flexibility index (Phi) is 9.58. The van der Waals surface area contributed by atoms with Gasteiger partial charge in [-0.25, -0.2) is 9.59 Å². The number of urea groups is 2. The minimum Gasteiger partial charge on any atom is -0.312 e. The zero-order valence-electron chi connectivity index (χ0n) is 34.4. The fourth-order valence-corrected chi connectivity index (χ4v) is 11.4. The van der Waals surface area contributed by atoms with Crippen molar-refractivity contribution in [3.63, 3.8) is 0 Å². The molecule has 0 N–H and O–H groups in total. The molecule has 1 aromatic carbocycles. The molecule has 4 bridgehead atoms. The third-order valence-corrected chi connectivity index (χ3v) is 14.1. The minimum absolute atomic E-state index is 0.00111. The lowest BCUT2D eigenvalue weighted by Gasteiger charge is -2.48. The molecule has 8 heterocycles. The van der Waals surface area contributed by atoms with E-state index in [1.165, 1.54) is 28.2 Å². The highest BCUT2D eigenvalue weighted by Crippen LogP contribution is 2.42. The molecule has 8 amide bonds. The zero-order valence-corrected chi connectivity index (χ0v) is 34.4. The number of pyridine rings is 2. The van der Waals surface area contributed by atoms with Gasteiger partial charge in [-0.15, -0.1) is 0 Å². The quantitative estimate of drug-likeness (QED) is 0.304. The molecule has 2 aromatic heterocycles. The monoisotopic (exact) mass is 818 g/mol. The van der Waals surface area contributed by atoms with Crippen LogP contribution in [0.3, 0.4) is 0 Å². The molecular formula is C44H50N8O8. The number of imide groups is 4. The molecule has 0 aliphatic carbocycles. The van der Waals surface area contributed by atoms with Crippen LogP contribution in [0.25, 0.3) is 0 Å². The van der Waals surface area contributed by atoms with Crippen LogP contribution in [0.15, 0.2) is 70.3 Å². The van der Waals surface area contributed by atoms with Gasteiger partial charge in [-0.3, -0.25) is 48.4 Å². The second-order valence-electron chi connectivity index (χ2n) is 18.1. The molecule has 4 atom stereocenters. The molecule has 6 aliphatic rings. The van der Waals surface area contributed by atoms with E-state index in [2.05, 4.69) is 9.80 Å². The highest BCUT2D eigenvalue weighted by atomic mass is 16.2. The average molecular weight is 819 g/mol. The summed E-state index contributed by atoms with van der Waals surface area (Å²) in [4.78, 5) is 117. The van der Waals surface area contributed by atoms with Crippen LogP contribution in [0, 0.1) is 22.7 Å². The molecule has 0 saturated carbocycles. The molecule has 0 radical (unpaired) electrons. The van der Waals surface area contributed by atoms with Crippen molar-refractivity contribution in [2.24, 2.45) is 22.7 Å². The van der Waals surface area contributed by atoms with Gasteiger partial charge in [0.25, 0.3) is 11.1 Å². The molecule has 4 fully saturated rings. The van der Waals surface area contributed by atoms with Crippen LogP contribution >= 0.6 is 0 Å². The number of piperidine rings is 2. The average Bonchev–Trinajstić information content (AvgIpc) is 3.23. The first kappa shape index (κ1) is 39.7. The van der Waals surface area contributed by atoms with Crippen molar-refractivity contribution in [3.8, 4) is 0 Å². The highest BCUT2D eigenvalue weighted by molar-refractivity contribution is 6.20. The van der Waals surface area contributed by atoms with E-state index in [4.69, 9.17) is 0 Å².